The van der Waals surface area contributed by atoms with E-state index >= 15 is 0 Å². The van der Waals surface area contributed by atoms with Crippen LogP contribution in [0.4, 0.5) is 4.79 Å². The van der Waals surface area contributed by atoms with Crippen molar-refractivity contribution < 1.29 is 19.1 Å². The number of benzene rings is 1. The van der Waals surface area contributed by atoms with Crippen LogP contribution in [0.25, 0.3) is 5.57 Å². The minimum Gasteiger partial charge on any atom is -0.444 e. The minimum absolute atomic E-state index is 0.0455. The van der Waals surface area contributed by atoms with Gasteiger partial charge in [-0.25, -0.2) is 4.79 Å². The molecule has 6 heteroatoms. The van der Waals surface area contributed by atoms with Gasteiger partial charge in [0.05, 0.1) is 6.04 Å². The molecule has 1 aromatic carbocycles. The number of fused-ring (bicyclic) bond motifs is 2. The van der Waals surface area contributed by atoms with Crippen LogP contribution in [-0.4, -0.2) is 59.4 Å². The van der Waals surface area contributed by atoms with Crippen molar-refractivity contribution in [3.63, 3.8) is 0 Å². The van der Waals surface area contributed by atoms with E-state index in [2.05, 4.69) is 18.2 Å². The molecule has 1 atom stereocenters. The summed E-state index contributed by atoms with van der Waals surface area (Å²) < 4.78 is 5.46. The van der Waals surface area contributed by atoms with Crippen LogP contribution in [0.2, 0.25) is 0 Å². The Morgan fingerprint density at radius 2 is 1.76 bits per heavy atom. The zero-order valence-electron chi connectivity index (χ0n) is 21.2. The lowest BCUT2D eigenvalue weighted by Crippen LogP contribution is -2.50. The maximum Gasteiger partial charge on any atom is 0.410 e. The van der Waals surface area contributed by atoms with E-state index < -0.39 is 5.60 Å². The predicted octanol–water partition coefficient (Wildman–Crippen LogP) is 4.86. The number of rotatable bonds is 4. The summed E-state index contributed by atoms with van der Waals surface area (Å²) in [5, 5.41) is 0. The third-order valence-corrected chi connectivity index (χ3v) is 7.49. The fourth-order valence-corrected chi connectivity index (χ4v) is 5.74. The highest BCUT2D eigenvalue weighted by atomic mass is 16.6. The Morgan fingerprint density at radius 1 is 1.09 bits per heavy atom. The van der Waals surface area contributed by atoms with Crippen LogP contribution in [0, 0.1) is 11.8 Å². The quantitative estimate of drug-likeness (QED) is 0.636. The van der Waals surface area contributed by atoms with Crippen molar-refractivity contribution in [1.29, 1.82) is 0 Å². The molecule has 3 aliphatic rings. The average Bonchev–Trinajstić information content (AvgIpc) is 3.14. The maximum absolute atomic E-state index is 13.6. The molecule has 0 saturated heterocycles. The van der Waals surface area contributed by atoms with Crippen molar-refractivity contribution in [3.05, 3.63) is 41.0 Å². The third kappa shape index (κ3) is 5.21. The van der Waals surface area contributed by atoms with Gasteiger partial charge in [0, 0.05) is 32.5 Å². The van der Waals surface area contributed by atoms with Crippen LogP contribution in [0.1, 0.15) is 70.9 Å². The van der Waals surface area contributed by atoms with Gasteiger partial charge in [0.2, 0.25) is 5.91 Å². The number of Topliss-reactive ketones (excluding diaryl/α,β-unsaturated/α-hetero) is 1. The molecule has 0 radical (unpaired) electrons. The first-order valence-electron chi connectivity index (χ1n) is 12.6. The summed E-state index contributed by atoms with van der Waals surface area (Å²) in [6.07, 6.45) is 4.62. The summed E-state index contributed by atoms with van der Waals surface area (Å²) in [5.74, 6) is 0.514. The third-order valence-electron chi connectivity index (χ3n) is 7.49. The van der Waals surface area contributed by atoms with Crippen molar-refractivity contribution >= 4 is 23.4 Å². The van der Waals surface area contributed by atoms with Crippen molar-refractivity contribution in [2.24, 2.45) is 11.8 Å². The number of ketones is 1. The molecule has 1 saturated carbocycles. The van der Waals surface area contributed by atoms with E-state index in [4.69, 9.17) is 4.74 Å². The zero-order valence-corrected chi connectivity index (χ0v) is 21.2. The Hall–Kier alpha value is -2.63. The second-order valence-electron chi connectivity index (χ2n) is 11.3. The molecule has 4 rings (SSSR count). The Balaban J connectivity index is 1.36. The van der Waals surface area contributed by atoms with Gasteiger partial charge in [-0.15, -0.1) is 0 Å². The highest BCUT2D eigenvalue weighted by Crippen LogP contribution is 2.41. The number of amides is 2. The molecule has 0 bridgehead atoms. The van der Waals surface area contributed by atoms with Gasteiger partial charge in [-0.3, -0.25) is 9.59 Å². The summed E-state index contributed by atoms with van der Waals surface area (Å²) in [5.41, 5.74) is 4.62. The topological polar surface area (TPSA) is 66.9 Å². The van der Waals surface area contributed by atoms with Crippen LogP contribution in [0.5, 0.6) is 0 Å². The predicted molar refractivity (Wildman–Crippen MR) is 132 cm³/mol. The van der Waals surface area contributed by atoms with Gasteiger partial charge in [-0.2, -0.15) is 0 Å². The molecule has 0 unspecified atom stereocenters. The second kappa shape index (κ2) is 9.55. The minimum atomic E-state index is -0.507. The Bertz CT molecular complexity index is 998. The zero-order chi connectivity index (χ0) is 24.6. The van der Waals surface area contributed by atoms with Gasteiger partial charge in [0.15, 0.2) is 5.78 Å². The van der Waals surface area contributed by atoms with Gasteiger partial charge in [0.25, 0.3) is 0 Å². The van der Waals surface area contributed by atoms with Crippen LogP contribution in [-0.2, 0) is 20.7 Å². The molecule has 34 heavy (non-hydrogen) atoms. The van der Waals surface area contributed by atoms with E-state index in [-0.39, 0.29) is 29.7 Å². The maximum atomic E-state index is 13.6. The van der Waals surface area contributed by atoms with Gasteiger partial charge in [0.1, 0.15) is 5.60 Å². The summed E-state index contributed by atoms with van der Waals surface area (Å²) in [6.45, 7) is 8.43. The standard InChI is InChI=1S/C28H38N2O4/c1-18(31)25-15-24-22(14-21-8-6-7-9-23(21)24)17-30(25)26(32)20-12-10-19(11-13-20)16-29(5)27(33)34-28(2,3)4/h6-9,19-20,25H,10-17H2,1-5H3/t19?,20?,25-/m0/s1. The fourth-order valence-electron chi connectivity index (χ4n) is 5.74. The van der Waals surface area contributed by atoms with Crippen molar-refractivity contribution in [2.45, 2.75) is 77.9 Å². The molecule has 2 amide bonds. The van der Waals surface area contributed by atoms with E-state index in [0.29, 0.717) is 25.4 Å². The SMILES string of the molecule is CC(=O)[C@@H]1CC2=C(Cc3ccccc32)CN1C(=O)C1CCC(CN(C)C(=O)OC(C)(C)C)CC1. The van der Waals surface area contributed by atoms with E-state index in [1.165, 1.54) is 22.3 Å². The number of nitrogens with zero attached hydrogens (tertiary/aromatic N) is 2. The monoisotopic (exact) mass is 466 g/mol. The number of carbonyl (C=O) groups excluding carboxylic acids is 3. The van der Waals surface area contributed by atoms with E-state index in [9.17, 15) is 14.4 Å². The largest absolute Gasteiger partial charge is 0.444 e. The highest BCUT2D eigenvalue weighted by molar-refractivity contribution is 5.93. The lowest BCUT2D eigenvalue weighted by atomic mass is 9.80. The molecular weight excluding hydrogens is 428 g/mol. The Labute approximate surface area is 203 Å². The first-order chi connectivity index (χ1) is 16.0. The first-order valence-corrected chi connectivity index (χ1v) is 12.6. The van der Waals surface area contributed by atoms with E-state index in [0.717, 1.165) is 32.1 Å². The molecule has 2 aliphatic carbocycles. The van der Waals surface area contributed by atoms with E-state index in [1.54, 1.807) is 18.9 Å². The molecule has 1 aliphatic heterocycles. The first kappa shape index (κ1) is 24.5. The molecule has 1 aromatic rings. The average molecular weight is 467 g/mol. The van der Waals surface area contributed by atoms with Gasteiger partial charge >= 0.3 is 6.09 Å². The summed E-state index contributed by atoms with van der Waals surface area (Å²) in [6, 6.07) is 8.03. The van der Waals surface area contributed by atoms with Crippen molar-refractivity contribution in [3.8, 4) is 0 Å². The summed E-state index contributed by atoms with van der Waals surface area (Å²) in [7, 11) is 1.78. The number of hydrogen-bond acceptors (Lipinski definition) is 4. The molecule has 0 spiro atoms. The number of ether oxygens (including phenoxy) is 1. The van der Waals surface area contributed by atoms with Crippen LogP contribution in [0.15, 0.2) is 29.8 Å². The smallest absolute Gasteiger partial charge is 0.410 e. The van der Waals surface area contributed by atoms with Gasteiger partial charge in [-0.05, 0) is 88.0 Å². The summed E-state index contributed by atoms with van der Waals surface area (Å²) >= 11 is 0. The lowest BCUT2D eigenvalue weighted by molar-refractivity contribution is -0.143. The Kier molecular flexibility index (Phi) is 6.88. The van der Waals surface area contributed by atoms with Crippen LogP contribution < -0.4 is 0 Å². The van der Waals surface area contributed by atoms with Gasteiger partial charge in [-0.1, -0.05) is 24.3 Å². The number of hydrogen-bond donors (Lipinski definition) is 0. The van der Waals surface area contributed by atoms with Crippen molar-refractivity contribution in [1.82, 2.24) is 9.80 Å². The van der Waals surface area contributed by atoms with Crippen LogP contribution >= 0.6 is 0 Å². The lowest BCUT2D eigenvalue weighted by Gasteiger charge is -2.39. The molecule has 1 heterocycles. The fraction of sp³-hybridized carbons (Fsp3) is 0.607. The molecule has 0 aromatic heterocycles. The molecule has 1 fully saturated rings. The second-order valence-corrected chi connectivity index (χ2v) is 11.3. The van der Waals surface area contributed by atoms with Gasteiger partial charge < -0.3 is 14.5 Å². The van der Waals surface area contributed by atoms with Crippen molar-refractivity contribution in [2.75, 3.05) is 20.1 Å². The normalized spacial score (nSPS) is 24.4. The van der Waals surface area contributed by atoms with Crippen LogP contribution in [0.3, 0.4) is 0 Å². The number of carbonyl (C=O) groups is 3. The summed E-state index contributed by atoms with van der Waals surface area (Å²) in [4.78, 5) is 42.0. The van der Waals surface area contributed by atoms with E-state index in [1.807, 2.05) is 31.7 Å². The molecule has 184 valence electrons. The Morgan fingerprint density at radius 3 is 2.41 bits per heavy atom. The molecule has 6 nitrogen and oxygen atoms in total. The molecular formula is C28H38N2O4. The highest BCUT2D eigenvalue weighted by Gasteiger charge is 2.40. The molecule has 0 N–H and O–H groups in total.